The van der Waals surface area contributed by atoms with E-state index in [1.165, 1.54) is 22.9 Å². The van der Waals surface area contributed by atoms with E-state index < -0.39 is 0 Å². The first-order chi connectivity index (χ1) is 12.3. The highest BCUT2D eigenvalue weighted by molar-refractivity contribution is 7.99. The molecule has 0 saturated carbocycles. The van der Waals surface area contributed by atoms with E-state index in [2.05, 4.69) is 36.5 Å². The molecule has 0 aliphatic heterocycles. The van der Waals surface area contributed by atoms with Crippen LogP contribution in [0.5, 0.6) is 0 Å². The molecule has 3 rings (SSSR count). The Labute approximate surface area is 152 Å². The SMILES string of the molecule is CCc1cc2ccccc2nc1SCC(=O)NCCc1ccccc1. The smallest absolute Gasteiger partial charge is 0.230 e. The van der Waals surface area contributed by atoms with E-state index in [4.69, 9.17) is 4.98 Å². The third-order valence-electron chi connectivity index (χ3n) is 4.06. The summed E-state index contributed by atoms with van der Waals surface area (Å²) in [7, 11) is 0. The van der Waals surface area contributed by atoms with E-state index in [0.717, 1.165) is 28.8 Å². The van der Waals surface area contributed by atoms with Crippen molar-refractivity contribution in [3.05, 3.63) is 71.8 Å². The summed E-state index contributed by atoms with van der Waals surface area (Å²) in [5, 5.41) is 5.10. The zero-order valence-corrected chi connectivity index (χ0v) is 15.2. The van der Waals surface area contributed by atoms with Crippen LogP contribution < -0.4 is 5.32 Å². The summed E-state index contributed by atoms with van der Waals surface area (Å²) in [6.07, 6.45) is 1.77. The number of carbonyl (C=O) groups excluding carboxylic acids is 1. The van der Waals surface area contributed by atoms with Crippen molar-refractivity contribution in [2.24, 2.45) is 0 Å². The van der Waals surface area contributed by atoms with Gasteiger partial charge in [-0.05, 0) is 36.1 Å². The number of para-hydroxylation sites is 1. The Morgan fingerprint density at radius 1 is 1.08 bits per heavy atom. The van der Waals surface area contributed by atoms with Gasteiger partial charge < -0.3 is 5.32 Å². The van der Waals surface area contributed by atoms with Gasteiger partial charge in [-0.15, -0.1) is 0 Å². The molecule has 3 nitrogen and oxygen atoms in total. The van der Waals surface area contributed by atoms with Crippen LogP contribution in [0.25, 0.3) is 10.9 Å². The summed E-state index contributed by atoms with van der Waals surface area (Å²) in [6, 6.07) is 20.5. The van der Waals surface area contributed by atoms with Gasteiger partial charge in [0.2, 0.25) is 5.91 Å². The molecule has 0 saturated heterocycles. The molecule has 0 fully saturated rings. The standard InChI is InChI=1S/C21H22N2OS/c1-2-17-14-18-10-6-7-11-19(18)23-21(17)25-15-20(24)22-13-12-16-8-4-3-5-9-16/h3-11,14H,2,12-13,15H2,1H3,(H,22,24). The fourth-order valence-electron chi connectivity index (χ4n) is 2.70. The third kappa shape index (κ3) is 4.83. The average molecular weight is 350 g/mol. The van der Waals surface area contributed by atoms with Gasteiger partial charge in [0.25, 0.3) is 0 Å². The van der Waals surface area contributed by atoms with Gasteiger partial charge in [0, 0.05) is 11.9 Å². The zero-order chi connectivity index (χ0) is 17.5. The second kappa shape index (κ2) is 8.67. The van der Waals surface area contributed by atoms with Crippen molar-refractivity contribution >= 4 is 28.6 Å². The average Bonchev–Trinajstić information content (AvgIpc) is 2.66. The first kappa shape index (κ1) is 17.5. The molecule has 0 bridgehead atoms. The first-order valence-electron chi connectivity index (χ1n) is 8.58. The Morgan fingerprint density at radius 2 is 1.84 bits per heavy atom. The third-order valence-corrected chi connectivity index (χ3v) is 5.10. The van der Waals surface area contributed by atoms with E-state index in [-0.39, 0.29) is 5.91 Å². The lowest BCUT2D eigenvalue weighted by Gasteiger charge is -2.09. The number of pyridine rings is 1. The fraction of sp³-hybridized carbons (Fsp3) is 0.238. The number of aromatic nitrogens is 1. The van der Waals surface area contributed by atoms with Gasteiger partial charge >= 0.3 is 0 Å². The minimum atomic E-state index is 0.0537. The molecule has 0 aliphatic rings. The molecule has 3 aromatic rings. The van der Waals surface area contributed by atoms with Crippen LogP contribution in [0, 0.1) is 0 Å². The van der Waals surface area contributed by atoms with Crippen molar-refractivity contribution in [3.8, 4) is 0 Å². The maximum atomic E-state index is 12.1. The van der Waals surface area contributed by atoms with Crippen molar-refractivity contribution in [3.63, 3.8) is 0 Å². The minimum Gasteiger partial charge on any atom is -0.355 e. The Kier molecular flexibility index (Phi) is 6.07. The summed E-state index contributed by atoms with van der Waals surface area (Å²) >= 11 is 1.52. The highest BCUT2D eigenvalue weighted by atomic mass is 32.2. The summed E-state index contributed by atoms with van der Waals surface area (Å²) in [4.78, 5) is 16.8. The van der Waals surface area contributed by atoms with Crippen LogP contribution in [0.3, 0.4) is 0 Å². The molecule has 128 valence electrons. The van der Waals surface area contributed by atoms with Gasteiger partial charge in [-0.3, -0.25) is 4.79 Å². The fourth-order valence-corrected chi connectivity index (χ4v) is 3.62. The lowest BCUT2D eigenvalue weighted by molar-refractivity contribution is -0.118. The van der Waals surface area contributed by atoms with Crippen molar-refractivity contribution in [2.45, 2.75) is 24.8 Å². The molecule has 0 aliphatic carbocycles. The van der Waals surface area contributed by atoms with E-state index >= 15 is 0 Å². The maximum Gasteiger partial charge on any atom is 0.230 e. The van der Waals surface area contributed by atoms with Crippen LogP contribution in [-0.2, 0) is 17.6 Å². The second-order valence-electron chi connectivity index (χ2n) is 5.87. The molecule has 4 heteroatoms. The van der Waals surface area contributed by atoms with Crippen LogP contribution in [0.2, 0.25) is 0 Å². The number of thioether (sulfide) groups is 1. The lowest BCUT2D eigenvalue weighted by Crippen LogP contribution is -2.27. The van der Waals surface area contributed by atoms with Crippen LogP contribution in [0.1, 0.15) is 18.1 Å². The monoisotopic (exact) mass is 350 g/mol. The Morgan fingerprint density at radius 3 is 2.64 bits per heavy atom. The zero-order valence-electron chi connectivity index (χ0n) is 14.4. The summed E-state index contributed by atoms with van der Waals surface area (Å²) in [6.45, 7) is 2.78. The number of hydrogen-bond acceptors (Lipinski definition) is 3. The minimum absolute atomic E-state index is 0.0537. The topological polar surface area (TPSA) is 42.0 Å². The van der Waals surface area contributed by atoms with Gasteiger partial charge in [0.15, 0.2) is 0 Å². The number of carbonyl (C=O) groups is 1. The van der Waals surface area contributed by atoms with Gasteiger partial charge in [-0.25, -0.2) is 4.98 Å². The summed E-state index contributed by atoms with van der Waals surface area (Å²) in [5.41, 5.74) is 3.41. The molecule has 0 unspecified atom stereocenters. The Balaban J connectivity index is 1.55. The maximum absolute atomic E-state index is 12.1. The van der Waals surface area contributed by atoms with Gasteiger partial charge in [0.1, 0.15) is 5.03 Å². The molecular formula is C21H22N2OS. The largest absolute Gasteiger partial charge is 0.355 e. The molecule has 1 N–H and O–H groups in total. The number of hydrogen-bond donors (Lipinski definition) is 1. The number of amides is 1. The highest BCUT2D eigenvalue weighted by Crippen LogP contribution is 2.25. The van der Waals surface area contributed by atoms with E-state index in [9.17, 15) is 4.79 Å². The predicted molar refractivity (Wildman–Crippen MR) is 105 cm³/mol. The van der Waals surface area contributed by atoms with Crippen LogP contribution in [0.15, 0.2) is 65.7 Å². The first-order valence-corrected chi connectivity index (χ1v) is 9.57. The van der Waals surface area contributed by atoms with Crippen molar-refractivity contribution in [1.82, 2.24) is 10.3 Å². The number of rotatable bonds is 7. The van der Waals surface area contributed by atoms with Crippen LogP contribution in [-0.4, -0.2) is 23.2 Å². The number of benzene rings is 2. The molecular weight excluding hydrogens is 328 g/mol. The lowest BCUT2D eigenvalue weighted by atomic mass is 10.1. The molecule has 0 atom stereocenters. The molecule has 2 aromatic carbocycles. The highest BCUT2D eigenvalue weighted by Gasteiger charge is 2.09. The van der Waals surface area contributed by atoms with E-state index in [1.807, 2.05) is 36.4 Å². The molecule has 0 spiro atoms. The van der Waals surface area contributed by atoms with Crippen molar-refractivity contribution in [1.29, 1.82) is 0 Å². The second-order valence-corrected chi connectivity index (χ2v) is 6.84. The predicted octanol–water partition coefficient (Wildman–Crippen LogP) is 4.25. The van der Waals surface area contributed by atoms with Crippen molar-refractivity contribution < 1.29 is 4.79 Å². The van der Waals surface area contributed by atoms with Gasteiger partial charge in [0.05, 0.1) is 11.3 Å². The Hall–Kier alpha value is -2.33. The molecule has 0 radical (unpaired) electrons. The van der Waals surface area contributed by atoms with E-state index in [0.29, 0.717) is 12.3 Å². The van der Waals surface area contributed by atoms with Crippen LogP contribution >= 0.6 is 11.8 Å². The number of nitrogens with one attached hydrogen (secondary N) is 1. The van der Waals surface area contributed by atoms with Crippen LogP contribution in [0.4, 0.5) is 0 Å². The normalized spacial score (nSPS) is 10.8. The molecule has 1 aromatic heterocycles. The molecule has 1 heterocycles. The number of fused-ring (bicyclic) bond motifs is 1. The summed E-state index contributed by atoms with van der Waals surface area (Å²) < 4.78 is 0. The molecule has 25 heavy (non-hydrogen) atoms. The Bertz CT molecular complexity index is 849. The quantitative estimate of drug-likeness (QED) is 0.648. The van der Waals surface area contributed by atoms with Gasteiger partial charge in [-0.2, -0.15) is 0 Å². The number of nitrogens with zero attached hydrogens (tertiary/aromatic N) is 1. The van der Waals surface area contributed by atoms with Gasteiger partial charge in [-0.1, -0.05) is 67.2 Å². The molecule has 1 amide bonds. The number of aryl methyl sites for hydroxylation is 1. The van der Waals surface area contributed by atoms with E-state index in [1.54, 1.807) is 0 Å². The van der Waals surface area contributed by atoms with Crippen molar-refractivity contribution in [2.75, 3.05) is 12.3 Å². The summed E-state index contributed by atoms with van der Waals surface area (Å²) in [5.74, 6) is 0.450.